The molecule has 2 atom stereocenters. The number of rotatable bonds is 5. The molecule has 96 valence electrons. The molecule has 0 amide bonds. The predicted molar refractivity (Wildman–Crippen MR) is 68.6 cm³/mol. The van der Waals surface area contributed by atoms with Crippen LogP contribution in [-0.2, 0) is 4.74 Å². The van der Waals surface area contributed by atoms with Crippen molar-refractivity contribution in [2.75, 3.05) is 26.7 Å². The second-order valence-electron chi connectivity index (χ2n) is 5.87. The van der Waals surface area contributed by atoms with Crippen LogP contribution in [-0.4, -0.2) is 42.8 Å². The smallest absolute Gasteiger partial charge is 0.0777 e. The number of nitrogens with two attached hydrogens (primary N) is 1. The summed E-state index contributed by atoms with van der Waals surface area (Å²) in [6, 6.07) is 0. The van der Waals surface area contributed by atoms with Crippen LogP contribution in [0.25, 0.3) is 0 Å². The van der Waals surface area contributed by atoms with Crippen molar-refractivity contribution in [3.8, 4) is 0 Å². The number of piperidine rings is 1. The van der Waals surface area contributed by atoms with Gasteiger partial charge in [0.05, 0.1) is 5.60 Å². The topological polar surface area (TPSA) is 38.5 Å². The molecular formula is C13H28N2O. The summed E-state index contributed by atoms with van der Waals surface area (Å²) in [5.41, 5.74) is 6.28. The highest BCUT2D eigenvalue weighted by Gasteiger charge is 2.33. The molecule has 16 heavy (non-hydrogen) atoms. The first-order valence-corrected chi connectivity index (χ1v) is 6.47. The van der Waals surface area contributed by atoms with Crippen molar-refractivity contribution in [1.29, 1.82) is 0 Å². The van der Waals surface area contributed by atoms with Crippen molar-refractivity contribution in [1.82, 2.24) is 4.90 Å². The molecule has 3 nitrogen and oxygen atoms in total. The van der Waals surface area contributed by atoms with Gasteiger partial charge in [0.15, 0.2) is 0 Å². The highest BCUT2D eigenvalue weighted by molar-refractivity contribution is 4.89. The van der Waals surface area contributed by atoms with Crippen molar-refractivity contribution >= 4 is 0 Å². The van der Waals surface area contributed by atoms with E-state index >= 15 is 0 Å². The van der Waals surface area contributed by atoms with E-state index in [-0.39, 0.29) is 11.1 Å². The molecule has 2 N–H and O–H groups in total. The predicted octanol–water partition coefficient (Wildman–Crippen LogP) is 2.00. The van der Waals surface area contributed by atoms with E-state index < -0.39 is 0 Å². The third kappa shape index (κ3) is 4.04. The molecule has 0 aromatic rings. The lowest BCUT2D eigenvalue weighted by atomic mass is 9.91. The van der Waals surface area contributed by atoms with Gasteiger partial charge in [0.2, 0.25) is 0 Å². The summed E-state index contributed by atoms with van der Waals surface area (Å²) in [7, 11) is 1.82. The number of likely N-dealkylation sites (tertiary alicyclic amines) is 1. The average Bonchev–Trinajstić information content (AvgIpc) is 2.17. The standard InChI is InChI=1S/C13H28N2O/c1-5-7-12(2,14)10-15-9-6-8-13(3,11-15)16-4/h5-11,14H2,1-4H3. The van der Waals surface area contributed by atoms with Gasteiger partial charge in [-0.25, -0.2) is 0 Å². The van der Waals surface area contributed by atoms with Gasteiger partial charge in [-0.2, -0.15) is 0 Å². The van der Waals surface area contributed by atoms with Crippen LogP contribution < -0.4 is 5.73 Å². The Morgan fingerprint density at radius 1 is 1.50 bits per heavy atom. The van der Waals surface area contributed by atoms with Crippen LogP contribution in [0.3, 0.4) is 0 Å². The highest BCUT2D eigenvalue weighted by atomic mass is 16.5. The van der Waals surface area contributed by atoms with Crippen molar-refractivity contribution in [2.45, 2.75) is 57.6 Å². The molecule has 0 saturated carbocycles. The maximum Gasteiger partial charge on any atom is 0.0777 e. The molecule has 1 aliphatic heterocycles. The second kappa shape index (κ2) is 5.48. The number of ether oxygens (including phenoxy) is 1. The van der Waals surface area contributed by atoms with Crippen LogP contribution in [0.4, 0.5) is 0 Å². The van der Waals surface area contributed by atoms with Gasteiger partial charge >= 0.3 is 0 Å². The fraction of sp³-hybridized carbons (Fsp3) is 1.00. The monoisotopic (exact) mass is 228 g/mol. The van der Waals surface area contributed by atoms with E-state index in [4.69, 9.17) is 10.5 Å². The normalized spacial score (nSPS) is 31.3. The molecule has 1 saturated heterocycles. The number of hydrogen-bond donors (Lipinski definition) is 1. The van der Waals surface area contributed by atoms with Crippen LogP contribution in [0.2, 0.25) is 0 Å². The van der Waals surface area contributed by atoms with E-state index in [1.54, 1.807) is 0 Å². The van der Waals surface area contributed by atoms with Gasteiger partial charge in [-0.15, -0.1) is 0 Å². The fourth-order valence-corrected chi connectivity index (χ4v) is 2.77. The number of nitrogens with zero attached hydrogens (tertiary/aromatic N) is 1. The summed E-state index contributed by atoms with van der Waals surface area (Å²) in [5.74, 6) is 0. The Morgan fingerprint density at radius 2 is 2.19 bits per heavy atom. The Kier molecular flexibility index (Phi) is 4.77. The van der Waals surface area contributed by atoms with Crippen LogP contribution >= 0.6 is 0 Å². The third-order valence-electron chi connectivity index (χ3n) is 3.64. The molecule has 0 aromatic heterocycles. The van der Waals surface area contributed by atoms with Crippen molar-refractivity contribution < 1.29 is 4.74 Å². The molecule has 1 aliphatic rings. The first-order chi connectivity index (χ1) is 7.41. The van der Waals surface area contributed by atoms with Gasteiger partial charge in [0.1, 0.15) is 0 Å². The Labute approximate surface area is 100 Å². The number of methoxy groups -OCH3 is 1. The van der Waals surface area contributed by atoms with E-state index in [2.05, 4.69) is 25.7 Å². The Morgan fingerprint density at radius 3 is 2.75 bits per heavy atom. The molecule has 1 fully saturated rings. The fourth-order valence-electron chi connectivity index (χ4n) is 2.77. The van der Waals surface area contributed by atoms with Crippen LogP contribution in [0.1, 0.15) is 46.5 Å². The summed E-state index contributed by atoms with van der Waals surface area (Å²) < 4.78 is 5.60. The van der Waals surface area contributed by atoms with Gasteiger partial charge in [0.25, 0.3) is 0 Å². The minimum Gasteiger partial charge on any atom is -0.377 e. The maximum atomic E-state index is 6.31. The van der Waals surface area contributed by atoms with Crippen LogP contribution in [0.15, 0.2) is 0 Å². The first-order valence-electron chi connectivity index (χ1n) is 6.47. The third-order valence-corrected chi connectivity index (χ3v) is 3.64. The van der Waals surface area contributed by atoms with Gasteiger partial charge in [-0.3, -0.25) is 4.90 Å². The van der Waals surface area contributed by atoms with Gasteiger partial charge in [0, 0.05) is 25.7 Å². The maximum absolute atomic E-state index is 6.31. The molecule has 0 bridgehead atoms. The molecule has 1 heterocycles. The van der Waals surface area contributed by atoms with E-state index in [1.807, 2.05) is 7.11 Å². The molecule has 0 aliphatic carbocycles. The van der Waals surface area contributed by atoms with Gasteiger partial charge in [-0.05, 0) is 39.7 Å². The molecule has 0 spiro atoms. The minimum atomic E-state index is -0.0548. The number of hydrogen-bond acceptors (Lipinski definition) is 3. The average molecular weight is 228 g/mol. The van der Waals surface area contributed by atoms with Crippen molar-refractivity contribution in [3.63, 3.8) is 0 Å². The molecule has 3 heteroatoms. The Bertz CT molecular complexity index is 218. The molecule has 0 aromatic carbocycles. The Hall–Kier alpha value is -0.120. The van der Waals surface area contributed by atoms with Crippen LogP contribution in [0.5, 0.6) is 0 Å². The zero-order valence-corrected chi connectivity index (χ0v) is 11.4. The van der Waals surface area contributed by atoms with E-state index in [9.17, 15) is 0 Å². The summed E-state index contributed by atoms with van der Waals surface area (Å²) in [5, 5.41) is 0. The van der Waals surface area contributed by atoms with Gasteiger partial charge in [-0.1, -0.05) is 13.3 Å². The first kappa shape index (κ1) is 13.9. The Balaban J connectivity index is 2.48. The van der Waals surface area contributed by atoms with Crippen LogP contribution in [0, 0.1) is 0 Å². The zero-order valence-electron chi connectivity index (χ0n) is 11.4. The van der Waals surface area contributed by atoms with E-state index in [1.165, 1.54) is 6.42 Å². The quantitative estimate of drug-likeness (QED) is 0.782. The lowest BCUT2D eigenvalue weighted by Gasteiger charge is -2.42. The molecule has 2 unspecified atom stereocenters. The molecular weight excluding hydrogens is 200 g/mol. The van der Waals surface area contributed by atoms with Crippen molar-refractivity contribution in [2.24, 2.45) is 5.73 Å². The van der Waals surface area contributed by atoms with Gasteiger partial charge < -0.3 is 10.5 Å². The largest absolute Gasteiger partial charge is 0.377 e. The second-order valence-corrected chi connectivity index (χ2v) is 5.87. The van der Waals surface area contributed by atoms with E-state index in [0.29, 0.717) is 0 Å². The zero-order chi connectivity index (χ0) is 12.2. The molecule has 1 rings (SSSR count). The van der Waals surface area contributed by atoms with Crippen molar-refractivity contribution in [3.05, 3.63) is 0 Å². The SMILES string of the molecule is CCCC(C)(N)CN1CCCC(C)(OC)C1. The summed E-state index contributed by atoms with van der Waals surface area (Å²) in [4.78, 5) is 2.46. The summed E-state index contributed by atoms with van der Waals surface area (Å²) in [6.07, 6.45) is 4.62. The lowest BCUT2D eigenvalue weighted by Crippen LogP contribution is -2.54. The lowest BCUT2D eigenvalue weighted by molar-refractivity contribution is -0.0545. The molecule has 0 radical (unpaired) electrons. The minimum absolute atomic E-state index is 0.0283. The summed E-state index contributed by atoms with van der Waals surface area (Å²) in [6.45, 7) is 9.72. The van der Waals surface area contributed by atoms with E-state index in [0.717, 1.165) is 38.9 Å². The summed E-state index contributed by atoms with van der Waals surface area (Å²) >= 11 is 0. The highest BCUT2D eigenvalue weighted by Crippen LogP contribution is 2.25.